The molecule has 2 N–H and O–H groups in total. The summed E-state index contributed by atoms with van der Waals surface area (Å²) in [5.41, 5.74) is 5.95. The number of anilines is 1. The van der Waals surface area contributed by atoms with Crippen molar-refractivity contribution in [1.29, 1.82) is 5.26 Å². The average molecular weight is 429 g/mol. The summed E-state index contributed by atoms with van der Waals surface area (Å²) in [6.45, 7) is 0. The number of ether oxygens (including phenoxy) is 1. The number of halogens is 1. The number of nitrogens with zero attached hydrogens (tertiary/aromatic N) is 3. The smallest absolute Gasteiger partial charge is 0.357 e. The Hall–Kier alpha value is -3.48. The van der Waals surface area contributed by atoms with Gasteiger partial charge in [0.1, 0.15) is 6.07 Å². The number of hydrogen-bond acceptors (Lipinski definition) is 7. The molecule has 0 radical (unpaired) electrons. The van der Waals surface area contributed by atoms with Crippen LogP contribution in [0.4, 0.5) is 11.4 Å². The molecule has 3 aromatic rings. The normalized spacial score (nSPS) is 10.4. The van der Waals surface area contributed by atoms with Gasteiger partial charge in [-0.1, -0.05) is 23.4 Å². The average Bonchev–Trinajstić information content (AvgIpc) is 3.05. The van der Waals surface area contributed by atoms with Gasteiger partial charge in [0.2, 0.25) is 0 Å². The molecule has 146 valence electrons. The van der Waals surface area contributed by atoms with Crippen LogP contribution in [0.5, 0.6) is 0 Å². The van der Waals surface area contributed by atoms with E-state index in [-0.39, 0.29) is 22.6 Å². The number of nitro benzene ring substituents is 1. The maximum Gasteiger partial charge on any atom is 0.357 e. The van der Waals surface area contributed by atoms with Crippen molar-refractivity contribution >= 4 is 40.7 Å². The first-order valence-corrected chi connectivity index (χ1v) is 9.26. The van der Waals surface area contributed by atoms with E-state index in [2.05, 4.69) is 0 Å². The lowest BCUT2D eigenvalue weighted by Crippen LogP contribution is -2.11. The number of hydrogen-bond donors (Lipinski definition) is 1. The summed E-state index contributed by atoms with van der Waals surface area (Å²) < 4.78 is 6.07. The summed E-state index contributed by atoms with van der Waals surface area (Å²) in [6.07, 6.45) is 1.34. The first-order valence-electron chi connectivity index (χ1n) is 8.06. The Morgan fingerprint density at radius 1 is 1.28 bits per heavy atom. The highest BCUT2D eigenvalue weighted by Crippen LogP contribution is 2.34. The van der Waals surface area contributed by atoms with Gasteiger partial charge in [-0.05, 0) is 30.3 Å². The van der Waals surface area contributed by atoms with Crippen LogP contribution in [0.15, 0.2) is 58.5 Å². The zero-order valence-electron chi connectivity index (χ0n) is 15.0. The van der Waals surface area contributed by atoms with Crippen LogP contribution in [0.25, 0.3) is 5.69 Å². The number of methoxy groups -OCH3 is 1. The second-order valence-corrected chi connectivity index (χ2v) is 7.36. The van der Waals surface area contributed by atoms with Crippen molar-refractivity contribution < 1.29 is 14.5 Å². The number of nitro groups is 1. The second kappa shape index (κ2) is 8.26. The van der Waals surface area contributed by atoms with Gasteiger partial charge in [0.25, 0.3) is 5.69 Å². The minimum absolute atomic E-state index is 0.0576. The van der Waals surface area contributed by atoms with Gasteiger partial charge in [-0.2, -0.15) is 5.26 Å². The van der Waals surface area contributed by atoms with Crippen LogP contribution in [-0.4, -0.2) is 22.6 Å². The Labute approximate surface area is 174 Å². The lowest BCUT2D eigenvalue weighted by Gasteiger charge is -2.10. The summed E-state index contributed by atoms with van der Waals surface area (Å²) in [4.78, 5) is 24.5. The summed E-state index contributed by atoms with van der Waals surface area (Å²) in [5.74, 6) is -0.762. The third-order valence-electron chi connectivity index (χ3n) is 3.96. The molecule has 0 aliphatic heterocycles. The Morgan fingerprint density at radius 3 is 2.55 bits per heavy atom. The molecule has 0 fully saturated rings. The van der Waals surface area contributed by atoms with Gasteiger partial charge in [0.05, 0.1) is 29.0 Å². The lowest BCUT2D eigenvalue weighted by molar-refractivity contribution is -0.385. The van der Waals surface area contributed by atoms with Crippen molar-refractivity contribution in [2.24, 2.45) is 0 Å². The van der Waals surface area contributed by atoms with Crippen LogP contribution in [0, 0.1) is 21.4 Å². The molecule has 0 unspecified atom stereocenters. The SMILES string of the molecule is COC(=O)c1c(N)c(C#N)cn1-c1cc(Sc2ccc(Cl)cc2)cc([N+](=O)[O-])c1. The first kappa shape index (κ1) is 20.3. The maximum absolute atomic E-state index is 12.2. The maximum atomic E-state index is 12.2. The monoisotopic (exact) mass is 428 g/mol. The third-order valence-corrected chi connectivity index (χ3v) is 5.19. The van der Waals surface area contributed by atoms with E-state index in [1.165, 1.54) is 41.8 Å². The molecule has 10 heteroatoms. The zero-order chi connectivity index (χ0) is 21.1. The van der Waals surface area contributed by atoms with E-state index in [1.807, 2.05) is 6.07 Å². The molecule has 3 rings (SSSR count). The summed E-state index contributed by atoms with van der Waals surface area (Å²) >= 11 is 7.18. The van der Waals surface area contributed by atoms with Gasteiger partial charge < -0.3 is 15.0 Å². The van der Waals surface area contributed by atoms with Crippen LogP contribution in [0.2, 0.25) is 5.02 Å². The molecule has 2 aromatic carbocycles. The number of nitriles is 1. The summed E-state index contributed by atoms with van der Waals surface area (Å²) in [5, 5.41) is 21.3. The van der Waals surface area contributed by atoms with E-state index in [1.54, 1.807) is 30.3 Å². The fourth-order valence-corrected chi connectivity index (χ4v) is 3.66. The van der Waals surface area contributed by atoms with Gasteiger partial charge in [-0.15, -0.1) is 0 Å². The van der Waals surface area contributed by atoms with Gasteiger partial charge in [-0.3, -0.25) is 10.1 Å². The van der Waals surface area contributed by atoms with Gasteiger partial charge in [-0.25, -0.2) is 4.79 Å². The molecule has 8 nitrogen and oxygen atoms in total. The van der Waals surface area contributed by atoms with Crippen molar-refractivity contribution in [1.82, 2.24) is 4.57 Å². The predicted molar refractivity (Wildman–Crippen MR) is 108 cm³/mol. The first-order chi connectivity index (χ1) is 13.8. The van der Waals surface area contributed by atoms with E-state index in [4.69, 9.17) is 22.1 Å². The number of rotatable bonds is 5. The highest BCUT2D eigenvalue weighted by molar-refractivity contribution is 7.99. The van der Waals surface area contributed by atoms with Crippen molar-refractivity contribution in [3.8, 4) is 11.8 Å². The van der Waals surface area contributed by atoms with Crippen molar-refractivity contribution in [3.63, 3.8) is 0 Å². The standard InChI is InChI=1S/C19H13ClN4O4S/c1-28-19(25)18-17(22)11(9-21)10-23(18)13-6-14(24(26)27)8-16(7-13)29-15-4-2-12(20)3-5-15/h2-8,10H,22H2,1H3. The Kier molecular flexibility index (Phi) is 5.77. The Balaban J connectivity index is 2.16. The van der Waals surface area contributed by atoms with Gasteiger partial charge in [0.15, 0.2) is 5.69 Å². The molecule has 0 spiro atoms. The predicted octanol–water partition coefficient (Wildman–Crippen LogP) is 4.43. The zero-order valence-corrected chi connectivity index (χ0v) is 16.5. The van der Waals surface area contributed by atoms with E-state index in [9.17, 15) is 20.2 Å². The van der Waals surface area contributed by atoms with Crippen molar-refractivity contribution in [3.05, 3.63) is 75.1 Å². The largest absolute Gasteiger partial charge is 0.464 e. The van der Waals surface area contributed by atoms with Crippen LogP contribution < -0.4 is 5.73 Å². The third kappa shape index (κ3) is 4.18. The molecule has 0 amide bonds. The van der Waals surface area contributed by atoms with E-state index < -0.39 is 10.9 Å². The number of non-ortho nitro benzene ring substituents is 1. The van der Waals surface area contributed by atoms with E-state index in [0.29, 0.717) is 15.6 Å². The lowest BCUT2D eigenvalue weighted by atomic mass is 10.2. The molecular weight excluding hydrogens is 416 g/mol. The molecule has 0 atom stereocenters. The van der Waals surface area contributed by atoms with Crippen LogP contribution >= 0.6 is 23.4 Å². The number of nitrogens with two attached hydrogens (primary N) is 1. The molecule has 0 aliphatic rings. The van der Waals surface area contributed by atoms with Crippen LogP contribution in [-0.2, 0) is 4.74 Å². The topological polar surface area (TPSA) is 124 Å². The van der Waals surface area contributed by atoms with Gasteiger partial charge in [0, 0.05) is 33.1 Å². The van der Waals surface area contributed by atoms with Crippen LogP contribution in [0.1, 0.15) is 16.1 Å². The molecule has 0 saturated heterocycles. The van der Waals surface area contributed by atoms with Crippen molar-refractivity contribution in [2.45, 2.75) is 9.79 Å². The van der Waals surface area contributed by atoms with E-state index in [0.717, 1.165) is 4.90 Å². The van der Waals surface area contributed by atoms with Crippen molar-refractivity contribution in [2.75, 3.05) is 12.8 Å². The number of aromatic nitrogens is 1. The Morgan fingerprint density at radius 2 is 1.97 bits per heavy atom. The van der Waals surface area contributed by atoms with E-state index >= 15 is 0 Å². The molecule has 0 bridgehead atoms. The number of benzene rings is 2. The Bertz CT molecular complexity index is 1150. The highest BCUT2D eigenvalue weighted by atomic mass is 35.5. The summed E-state index contributed by atoms with van der Waals surface area (Å²) in [7, 11) is 1.18. The number of carbonyl (C=O) groups is 1. The number of esters is 1. The molecular formula is C19H13ClN4O4S. The molecule has 29 heavy (non-hydrogen) atoms. The molecule has 0 saturated carbocycles. The molecule has 1 heterocycles. The molecule has 1 aromatic heterocycles. The number of carbonyl (C=O) groups excluding carboxylic acids is 1. The minimum Gasteiger partial charge on any atom is -0.464 e. The fraction of sp³-hybridized carbons (Fsp3) is 0.0526. The fourth-order valence-electron chi connectivity index (χ4n) is 2.63. The molecule has 0 aliphatic carbocycles. The highest BCUT2D eigenvalue weighted by Gasteiger charge is 2.23. The number of nitrogen functional groups attached to an aromatic ring is 1. The van der Waals surface area contributed by atoms with Gasteiger partial charge >= 0.3 is 5.97 Å². The van der Waals surface area contributed by atoms with Crippen LogP contribution in [0.3, 0.4) is 0 Å². The summed E-state index contributed by atoms with van der Waals surface area (Å²) in [6, 6.07) is 13.2. The second-order valence-electron chi connectivity index (χ2n) is 5.78. The quantitative estimate of drug-likeness (QED) is 0.362. The minimum atomic E-state index is -0.762.